The van der Waals surface area contributed by atoms with Gasteiger partial charge in [0.2, 0.25) is 0 Å². The van der Waals surface area contributed by atoms with Crippen molar-refractivity contribution in [2.45, 2.75) is 13.3 Å². The average molecular weight is 163 g/mol. The van der Waals surface area contributed by atoms with E-state index in [-0.39, 0.29) is 0 Å². The van der Waals surface area contributed by atoms with Crippen LogP contribution in [-0.2, 0) is 6.42 Å². The molecule has 0 atom stereocenters. The van der Waals surface area contributed by atoms with Gasteiger partial charge in [-0.2, -0.15) is 0 Å². The van der Waals surface area contributed by atoms with Gasteiger partial charge in [-0.15, -0.1) is 0 Å². The largest absolute Gasteiger partial charge is 0.309 e. The average Bonchev–Trinajstić information content (AvgIpc) is 2.01. The number of nitrogens with zero attached hydrogens (tertiary/aromatic N) is 1. The second-order valence-corrected chi connectivity index (χ2v) is 3.54. The van der Waals surface area contributed by atoms with Crippen LogP contribution in [0.4, 0.5) is 0 Å². The smallest absolute Gasteiger partial charge is 0.00157 e. The molecule has 0 aliphatic carbocycles. The maximum Gasteiger partial charge on any atom is 0.00157 e. The monoisotopic (exact) mass is 163 g/mol. The summed E-state index contributed by atoms with van der Waals surface area (Å²) in [5.41, 5.74) is 2.79. The Balaban J connectivity index is 2.52. The fraction of sp³-hybridized carbons (Fsp3) is 0.455. The first-order valence-electron chi connectivity index (χ1n) is 4.39. The molecule has 0 aliphatic heterocycles. The molecule has 1 nitrogen and oxygen atoms in total. The Kier molecular flexibility index (Phi) is 3.30. The number of hydrogen-bond acceptors (Lipinski definition) is 1. The van der Waals surface area contributed by atoms with Crippen LogP contribution in [-0.4, -0.2) is 25.5 Å². The van der Waals surface area contributed by atoms with Gasteiger partial charge in [-0.25, -0.2) is 0 Å². The highest BCUT2D eigenvalue weighted by atomic mass is 15.0. The van der Waals surface area contributed by atoms with E-state index < -0.39 is 0 Å². The SMILES string of the molecule is Cc1cccc(CCN(C)C)c1. The van der Waals surface area contributed by atoms with Gasteiger partial charge in [0.05, 0.1) is 0 Å². The van der Waals surface area contributed by atoms with Gasteiger partial charge in [0.15, 0.2) is 0 Å². The molecule has 0 heterocycles. The van der Waals surface area contributed by atoms with Gasteiger partial charge < -0.3 is 4.90 Å². The first-order valence-corrected chi connectivity index (χ1v) is 4.39. The summed E-state index contributed by atoms with van der Waals surface area (Å²) in [4.78, 5) is 2.21. The fourth-order valence-electron chi connectivity index (χ4n) is 1.22. The second-order valence-electron chi connectivity index (χ2n) is 3.54. The third kappa shape index (κ3) is 3.05. The Morgan fingerprint density at radius 2 is 2.00 bits per heavy atom. The summed E-state index contributed by atoms with van der Waals surface area (Å²) in [6.07, 6.45) is 1.15. The lowest BCUT2D eigenvalue weighted by Crippen LogP contribution is -2.14. The van der Waals surface area contributed by atoms with Crippen LogP contribution < -0.4 is 0 Å². The molecule has 1 aromatic carbocycles. The maximum atomic E-state index is 2.25. The van der Waals surface area contributed by atoms with E-state index in [0.29, 0.717) is 0 Å². The Bertz CT molecular complexity index is 241. The van der Waals surface area contributed by atoms with Crippen LogP contribution in [0, 0.1) is 6.92 Å². The third-order valence-corrected chi connectivity index (χ3v) is 1.93. The molecule has 66 valence electrons. The number of hydrogen-bond donors (Lipinski definition) is 0. The van der Waals surface area contributed by atoms with Crippen LogP contribution in [0.2, 0.25) is 0 Å². The number of rotatable bonds is 3. The minimum absolute atomic E-state index is 1.13. The zero-order valence-corrected chi connectivity index (χ0v) is 8.17. The van der Waals surface area contributed by atoms with E-state index in [0.717, 1.165) is 13.0 Å². The van der Waals surface area contributed by atoms with Gasteiger partial charge in [0.25, 0.3) is 0 Å². The Hall–Kier alpha value is -0.820. The summed E-state index contributed by atoms with van der Waals surface area (Å²) >= 11 is 0. The number of benzene rings is 1. The number of aryl methyl sites for hydroxylation is 1. The topological polar surface area (TPSA) is 3.24 Å². The van der Waals surface area contributed by atoms with Crippen LogP contribution >= 0.6 is 0 Å². The normalized spacial score (nSPS) is 10.7. The molecular weight excluding hydrogens is 146 g/mol. The van der Waals surface area contributed by atoms with Gasteiger partial charge in [-0.3, -0.25) is 0 Å². The highest BCUT2D eigenvalue weighted by Gasteiger charge is 1.94. The summed E-state index contributed by atoms with van der Waals surface area (Å²) in [6.45, 7) is 3.27. The molecule has 0 amide bonds. The number of likely N-dealkylation sites (N-methyl/N-ethyl adjacent to an activating group) is 1. The molecule has 0 fully saturated rings. The summed E-state index contributed by atoms with van der Waals surface area (Å²) in [5, 5.41) is 0. The van der Waals surface area contributed by atoms with Gasteiger partial charge in [-0.05, 0) is 33.0 Å². The minimum Gasteiger partial charge on any atom is -0.309 e. The maximum absolute atomic E-state index is 2.25. The molecular formula is C11H17N. The molecule has 0 radical (unpaired) electrons. The van der Waals surface area contributed by atoms with E-state index in [4.69, 9.17) is 0 Å². The molecule has 1 rings (SSSR count). The van der Waals surface area contributed by atoms with Crippen molar-refractivity contribution in [3.8, 4) is 0 Å². The summed E-state index contributed by atoms with van der Waals surface area (Å²) in [5.74, 6) is 0. The van der Waals surface area contributed by atoms with E-state index >= 15 is 0 Å². The zero-order chi connectivity index (χ0) is 8.97. The molecule has 0 N–H and O–H groups in total. The molecule has 1 aromatic rings. The fourth-order valence-corrected chi connectivity index (χ4v) is 1.22. The minimum atomic E-state index is 1.13. The van der Waals surface area contributed by atoms with Crippen molar-refractivity contribution >= 4 is 0 Å². The van der Waals surface area contributed by atoms with Crippen LogP contribution in [0.1, 0.15) is 11.1 Å². The molecule has 0 aromatic heterocycles. The third-order valence-electron chi connectivity index (χ3n) is 1.93. The Morgan fingerprint density at radius 1 is 1.25 bits per heavy atom. The van der Waals surface area contributed by atoms with Crippen molar-refractivity contribution in [3.63, 3.8) is 0 Å². The molecule has 0 spiro atoms. The molecule has 0 aliphatic rings. The van der Waals surface area contributed by atoms with Crippen LogP contribution in [0.5, 0.6) is 0 Å². The van der Waals surface area contributed by atoms with Crippen molar-refractivity contribution in [1.82, 2.24) is 4.90 Å². The van der Waals surface area contributed by atoms with Gasteiger partial charge >= 0.3 is 0 Å². The van der Waals surface area contributed by atoms with Gasteiger partial charge in [0, 0.05) is 6.54 Å². The summed E-state index contributed by atoms with van der Waals surface area (Å²) in [7, 11) is 4.21. The highest BCUT2D eigenvalue weighted by molar-refractivity contribution is 5.22. The predicted octanol–water partition coefficient (Wildman–Crippen LogP) is 2.10. The van der Waals surface area contributed by atoms with E-state index in [1.54, 1.807) is 0 Å². The van der Waals surface area contributed by atoms with Crippen molar-refractivity contribution < 1.29 is 0 Å². The second kappa shape index (κ2) is 4.27. The van der Waals surface area contributed by atoms with E-state index in [9.17, 15) is 0 Å². The van der Waals surface area contributed by atoms with Crippen molar-refractivity contribution in [1.29, 1.82) is 0 Å². The lowest BCUT2D eigenvalue weighted by Gasteiger charge is -2.09. The Labute approximate surface area is 75.0 Å². The lowest BCUT2D eigenvalue weighted by molar-refractivity contribution is 0.413. The predicted molar refractivity (Wildman–Crippen MR) is 53.4 cm³/mol. The quantitative estimate of drug-likeness (QED) is 0.659. The van der Waals surface area contributed by atoms with Crippen LogP contribution in [0.3, 0.4) is 0 Å². The molecule has 0 saturated carbocycles. The first kappa shape index (κ1) is 9.27. The summed E-state index contributed by atoms with van der Waals surface area (Å²) < 4.78 is 0. The molecule has 0 bridgehead atoms. The van der Waals surface area contributed by atoms with Crippen molar-refractivity contribution in [3.05, 3.63) is 35.4 Å². The van der Waals surface area contributed by atoms with Crippen molar-refractivity contribution in [2.24, 2.45) is 0 Å². The standard InChI is InChI=1S/C11H17N/c1-10-5-4-6-11(9-10)7-8-12(2)3/h4-6,9H,7-8H2,1-3H3. The highest BCUT2D eigenvalue weighted by Crippen LogP contribution is 2.04. The van der Waals surface area contributed by atoms with E-state index in [1.165, 1.54) is 11.1 Å². The van der Waals surface area contributed by atoms with Gasteiger partial charge in [0.1, 0.15) is 0 Å². The molecule has 0 unspecified atom stereocenters. The Morgan fingerprint density at radius 3 is 2.58 bits per heavy atom. The molecule has 12 heavy (non-hydrogen) atoms. The van der Waals surface area contributed by atoms with Crippen LogP contribution in [0.15, 0.2) is 24.3 Å². The molecule has 0 saturated heterocycles. The first-order chi connectivity index (χ1) is 5.68. The van der Waals surface area contributed by atoms with Crippen LogP contribution in [0.25, 0.3) is 0 Å². The van der Waals surface area contributed by atoms with Gasteiger partial charge in [-0.1, -0.05) is 29.8 Å². The van der Waals surface area contributed by atoms with Crippen molar-refractivity contribution in [2.75, 3.05) is 20.6 Å². The zero-order valence-electron chi connectivity index (χ0n) is 8.17. The summed E-state index contributed by atoms with van der Waals surface area (Å²) in [6, 6.07) is 8.71. The van der Waals surface area contributed by atoms with E-state index in [2.05, 4.69) is 50.2 Å². The lowest BCUT2D eigenvalue weighted by atomic mass is 10.1. The molecule has 1 heteroatoms. The van der Waals surface area contributed by atoms with E-state index in [1.807, 2.05) is 0 Å².